The van der Waals surface area contributed by atoms with Crippen molar-refractivity contribution in [2.75, 3.05) is 6.61 Å². The summed E-state index contributed by atoms with van der Waals surface area (Å²) in [5, 5.41) is 0. The third kappa shape index (κ3) is 6.36. The fourth-order valence-corrected chi connectivity index (χ4v) is 3.83. The summed E-state index contributed by atoms with van der Waals surface area (Å²) in [6.45, 7) is 6.18. The van der Waals surface area contributed by atoms with Crippen LogP contribution in [0.15, 0.2) is 28.7 Å². The number of Topliss-reactive ketones (excluding diaryl/α,β-unsaturated/α-hetero) is 1. The fraction of sp³-hybridized carbons (Fsp3) is 0.571. The number of rotatable bonds is 8. The number of carbonyl (C=O) groups excluding carboxylic acids is 2. The summed E-state index contributed by atoms with van der Waals surface area (Å²) in [4.78, 5) is 27.6. The maximum atomic E-state index is 12.4. The summed E-state index contributed by atoms with van der Waals surface area (Å²) >= 11 is 3.35. The van der Waals surface area contributed by atoms with Gasteiger partial charge in [-0.2, -0.15) is 4.79 Å². The van der Waals surface area contributed by atoms with Crippen molar-refractivity contribution in [2.24, 2.45) is 17.8 Å². The van der Waals surface area contributed by atoms with E-state index in [2.05, 4.69) is 41.5 Å². The Morgan fingerprint density at radius 2 is 1.93 bits per heavy atom. The first-order valence-corrected chi connectivity index (χ1v) is 10.4. The lowest BCUT2D eigenvalue weighted by atomic mass is 9.75. The highest BCUT2D eigenvalue weighted by atomic mass is 79.9. The van der Waals surface area contributed by atoms with Crippen LogP contribution < -0.4 is 0 Å². The molecule has 2 rings (SSSR count). The molecule has 0 saturated heterocycles. The normalized spacial score (nSPS) is 21.8. The van der Waals surface area contributed by atoms with E-state index in [1.807, 2.05) is 24.3 Å². The number of ether oxygens (including phenoxy) is 2. The van der Waals surface area contributed by atoms with E-state index in [0.717, 1.165) is 29.3 Å². The Balaban J connectivity index is 1.91. The summed E-state index contributed by atoms with van der Waals surface area (Å²) in [6, 6.07) is 7.46. The lowest BCUT2D eigenvalue weighted by molar-refractivity contribution is -0.153. The molecule has 0 unspecified atom stereocenters. The molecule has 0 N–H and O–H groups in total. The first kappa shape index (κ1) is 22.5. The molecule has 7 heteroatoms. The molecule has 1 fully saturated rings. The van der Waals surface area contributed by atoms with Crippen molar-refractivity contribution >= 4 is 33.4 Å². The number of hydrogen-bond acceptors (Lipinski definition) is 4. The average molecular weight is 451 g/mol. The van der Waals surface area contributed by atoms with Gasteiger partial charge in [0.25, 0.3) is 5.78 Å². The van der Waals surface area contributed by atoms with E-state index in [-0.39, 0.29) is 25.2 Å². The molecule has 1 aliphatic carbocycles. The van der Waals surface area contributed by atoms with Crippen molar-refractivity contribution in [2.45, 2.75) is 52.7 Å². The van der Waals surface area contributed by atoms with Gasteiger partial charge in [0, 0.05) is 4.47 Å². The highest BCUT2D eigenvalue weighted by Gasteiger charge is 2.38. The smallest absolute Gasteiger partial charge is 0.443 e. The van der Waals surface area contributed by atoms with Gasteiger partial charge in [0.15, 0.2) is 0 Å². The predicted molar refractivity (Wildman–Crippen MR) is 109 cm³/mol. The van der Waals surface area contributed by atoms with Crippen LogP contribution in [0.4, 0.5) is 0 Å². The molecule has 0 heterocycles. The summed E-state index contributed by atoms with van der Waals surface area (Å²) in [7, 11) is 0. The molecule has 28 heavy (non-hydrogen) atoms. The molecule has 0 spiro atoms. The van der Waals surface area contributed by atoms with Crippen LogP contribution >= 0.6 is 15.9 Å². The minimum Gasteiger partial charge on any atom is -0.453 e. The third-order valence-corrected chi connectivity index (χ3v) is 5.72. The molecule has 0 amide bonds. The summed E-state index contributed by atoms with van der Waals surface area (Å²) in [6.07, 6.45) is 2.55. The lowest BCUT2D eigenvalue weighted by Crippen LogP contribution is -2.39. The van der Waals surface area contributed by atoms with Crippen LogP contribution in [0.3, 0.4) is 0 Å². The number of hydrogen-bond donors (Lipinski definition) is 0. The minimum absolute atomic E-state index is 0.211. The van der Waals surface area contributed by atoms with Gasteiger partial charge in [-0.1, -0.05) is 55.3 Å². The van der Waals surface area contributed by atoms with Gasteiger partial charge < -0.3 is 15.0 Å². The monoisotopic (exact) mass is 450 g/mol. The van der Waals surface area contributed by atoms with Crippen LogP contribution in [0.1, 0.15) is 45.6 Å². The molecule has 0 radical (unpaired) electrons. The molecule has 0 aliphatic heterocycles. The largest absolute Gasteiger partial charge is 0.453 e. The van der Waals surface area contributed by atoms with E-state index >= 15 is 0 Å². The number of ketones is 1. The Kier molecular flexibility index (Phi) is 8.55. The van der Waals surface area contributed by atoms with Crippen LogP contribution in [0, 0.1) is 17.8 Å². The molecule has 1 aromatic carbocycles. The summed E-state index contributed by atoms with van der Waals surface area (Å²) in [5.41, 5.74) is 9.45. The topological polar surface area (TPSA) is 89.0 Å². The van der Waals surface area contributed by atoms with Gasteiger partial charge in [-0.3, -0.25) is 4.79 Å². The molecule has 1 saturated carbocycles. The van der Waals surface area contributed by atoms with Gasteiger partial charge in [-0.15, -0.1) is 0 Å². The Morgan fingerprint density at radius 3 is 2.54 bits per heavy atom. The second kappa shape index (κ2) is 10.6. The molecule has 6 nitrogen and oxygen atoms in total. The Hall–Kier alpha value is -1.82. The molecular formula is C21H27BrN2O4. The van der Waals surface area contributed by atoms with E-state index in [1.54, 1.807) is 0 Å². The van der Waals surface area contributed by atoms with Crippen LogP contribution in [-0.2, 0) is 25.7 Å². The van der Waals surface area contributed by atoms with E-state index in [4.69, 9.17) is 9.47 Å². The molecule has 1 aromatic rings. The molecule has 3 atom stereocenters. The number of esters is 1. The fourth-order valence-electron chi connectivity index (χ4n) is 3.56. The van der Waals surface area contributed by atoms with E-state index in [1.165, 1.54) is 0 Å². The number of benzene rings is 1. The van der Waals surface area contributed by atoms with Gasteiger partial charge in [0.2, 0.25) is 0 Å². The highest BCUT2D eigenvalue weighted by Crippen LogP contribution is 2.35. The zero-order valence-electron chi connectivity index (χ0n) is 16.6. The van der Waals surface area contributed by atoms with Gasteiger partial charge in [0.1, 0.15) is 12.7 Å². The quantitative estimate of drug-likeness (QED) is 0.195. The zero-order chi connectivity index (χ0) is 20.7. The van der Waals surface area contributed by atoms with Crippen molar-refractivity contribution in [3.05, 3.63) is 39.8 Å². The van der Waals surface area contributed by atoms with Crippen molar-refractivity contribution in [3.63, 3.8) is 0 Å². The van der Waals surface area contributed by atoms with Crippen molar-refractivity contribution in [3.8, 4) is 0 Å². The predicted octanol–water partition coefficient (Wildman–Crippen LogP) is 4.21. The number of halogens is 1. The van der Waals surface area contributed by atoms with Gasteiger partial charge in [0.05, 0.1) is 6.61 Å². The maximum Gasteiger partial charge on any atom is 0.443 e. The molecule has 0 aromatic heterocycles. The summed E-state index contributed by atoms with van der Waals surface area (Å²) < 4.78 is 11.9. The van der Waals surface area contributed by atoms with Crippen molar-refractivity contribution < 1.29 is 23.9 Å². The lowest BCUT2D eigenvalue weighted by Gasteiger charge is -2.36. The van der Waals surface area contributed by atoms with Crippen LogP contribution in [-0.4, -0.2) is 35.0 Å². The van der Waals surface area contributed by atoms with Crippen molar-refractivity contribution in [1.29, 1.82) is 0 Å². The van der Waals surface area contributed by atoms with Crippen molar-refractivity contribution in [1.82, 2.24) is 0 Å². The SMILES string of the molecule is CC(C)[C@@H]1CC[C@@H](C)C[C@H]1OC(=O)C(=[N+]=[N-])C(=O)COCc1ccc(Br)cc1. The second-order valence-corrected chi connectivity index (χ2v) is 8.68. The third-order valence-electron chi connectivity index (χ3n) is 5.19. The second-order valence-electron chi connectivity index (χ2n) is 7.76. The Morgan fingerprint density at radius 1 is 1.25 bits per heavy atom. The number of carbonyl (C=O) groups is 2. The van der Waals surface area contributed by atoms with Gasteiger partial charge >= 0.3 is 11.7 Å². The van der Waals surface area contributed by atoms with Crippen LogP contribution in [0.2, 0.25) is 0 Å². The minimum atomic E-state index is -0.885. The maximum absolute atomic E-state index is 12.4. The highest BCUT2D eigenvalue weighted by molar-refractivity contribution is 9.10. The standard InChI is InChI=1S/C21H27BrN2O4/c1-13(2)17-9-4-14(3)10-19(17)28-21(26)20(24-23)18(25)12-27-11-15-5-7-16(22)8-6-15/h5-8,13-14,17,19H,4,9-12H2,1-3H3/t14-,17+,19-/m1/s1. The molecule has 1 aliphatic rings. The molecule has 0 bridgehead atoms. The summed E-state index contributed by atoms with van der Waals surface area (Å²) in [5.74, 6) is -0.528. The van der Waals surface area contributed by atoms with Crippen LogP contribution in [0.25, 0.3) is 5.53 Å². The van der Waals surface area contributed by atoms with E-state index in [9.17, 15) is 15.1 Å². The van der Waals surface area contributed by atoms with Gasteiger partial charge in [-0.05, 0) is 48.3 Å². The first-order valence-electron chi connectivity index (χ1n) is 9.60. The zero-order valence-corrected chi connectivity index (χ0v) is 18.1. The van der Waals surface area contributed by atoms with Crippen LogP contribution in [0.5, 0.6) is 0 Å². The Labute approximate surface area is 174 Å². The first-order chi connectivity index (χ1) is 13.3. The molecular weight excluding hydrogens is 424 g/mol. The number of nitrogens with zero attached hydrogens (tertiary/aromatic N) is 2. The Bertz CT molecular complexity index is 741. The van der Waals surface area contributed by atoms with E-state index < -0.39 is 17.5 Å². The molecule has 152 valence electrons. The van der Waals surface area contributed by atoms with Gasteiger partial charge in [-0.25, -0.2) is 4.79 Å². The average Bonchev–Trinajstić information content (AvgIpc) is 2.63. The van der Waals surface area contributed by atoms with E-state index in [0.29, 0.717) is 11.8 Å².